The van der Waals surface area contributed by atoms with Gasteiger partial charge >= 0.3 is 6.18 Å². The number of hydrogen-bond acceptors (Lipinski definition) is 3. The molecule has 156 valence electrons. The number of alkyl halides is 3. The molecule has 2 aromatic carbocycles. The van der Waals surface area contributed by atoms with Crippen molar-refractivity contribution < 1.29 is 27.6 Å². The van der Waals surface area contributed by atoms with E-state index in [0.29, 0.717) is 0 Å². The van der Waals surface area contributed by atoms with Gasteiger partial charge < -0.3 is 19.9 Å². The lowest BCUT2D eigenvalue weighted by atomic mass is 10.1. The Labute approximate surface area is 168 Å². The number of carbonyl (C=O) groups excluding carboxylic acids is 1. The van der Waals surface area contributed by atoms with Crippen LogP contribution in [-0.4, -0.2) is 45.2 Å². The van der Waals surface area contributed by atoms with Gasteiger partial charge in [-0.3, -0.25) is 4.79 Å². The van der Waals surface area contributed by atoms with Crippen LogP contribution in [0.5, 0.6) is 5.75 Å². The fourth-order valence-electron chi connectivity index (χ4n) is 3.57. The van der Waals surface area contributed by atoms with Crippen molar-refractivity contribution in [1.82, 2.24) is 0 Å². The van der Waals surface area contributed by atoms with E-state index in [0.717, 1.165) is 54.6 Å². The Hall–Kier alpha value is -2.74. The van der Waals surface area contributed by atoms with Gasteiger partial charge in [0.1, 0.15) is 5.75 Å². The van der Waals surface area contributed by atoms with Crippen LogP contribution in [0.2, 0.25) is 0 Å². The van der Waals surface area contributed by atoms with Crippen LogP contribution in [0.3, 0.4) is 0 Å². The standard InChI is InChI=1S/C21H24F3N3O2/c1-15(20(28)25-17-7-5-6-16(14-17)21(22,23)24)26-10-12-27(13-11-26)18-8-3-4-9-19(18)29-2/h3-9,14-15H,10-13H2,1-2H3,(H,25,28)/p+1/t15-/m0/s1. The summed E-state index contributed by atoms with van der Waals surface area (Å²) in [6.07, 6.45) is -4.44. The molecule has 0 unspecified atom stereocenters. The third kappa shape index (κ3) is 5.00. The molecule has 1 atom stereocenters. The number of para-hydroxylation sites is 2. The van der Waals surface area contributed by atoms with Crippen molar-refractivity contribution in [3.05, 3.63) is 54.1 Å². The van der Waals surface area contributed by atoms with E-state index in [2.05, 4.69) is 10.2 Å². The summed E-state index contributed by atoms with van der Waals surface area (Å²) in [5.74, 6) is 0.524. The largest absolute Gasteiger partial charge is 0.495 e. The van der Waals surface area contributed by atoms with Crippen molar-refractivity contribution in [2.45, 2.75) is 19.1 Å². The second-order valence-corrected chi connectivity index (χ2v) is 7.11. The Kier molecular flexibility index (Phi) is 6.32. The number of nitrogens with zero attached hydrogens (tertiary/aromatic N) is 1. The number of rotatable bonds is 5. The summed E-state index contributed by atoms with van der Waals surface area (Å²) in [5, 5.41) is 2.62. The number of halogens is 3. The van der Waals surface area contributed by atoms with Gasteiger partial charge in [0.15, 0.2) is 6.04 Å². The zero-order chi connectivity index (χ0) is 21.0. The predicted molar refractivity (Wildman–Crippen MR) is 105 cm³/mol. The minimum atomic E-state index is -4.44. The van der Waals surface area contributed by atoms with Gasteiger partial charge in [-0.2, -0.15) is 13.2 Å². The van der Waals surface area contributed by atoms with Crippen molar-refractivity contribution in [2.75, 3.05) is 43.5 Å². The molecule has 8 heteroatoms. The van der Waals surface area contributed by atoms with E-state index in [1.54, 1.807) is 14.0 Å². The Morgan fingerprint density at radius 1 is 1.14 bits per heavy atom. The first-order valence-corrected chi connectivity index (χ1v) is 9.50. The maximum atomic E-state index is 12.9. The van der Waals surface area contributed by atoms with Gasteiger partial charge in [-0.1, -0.05) is 18.2 Å². The van der Waals surface area contributed by atoms with E-state index < -0.39 is 11.7 Å². The molecule has 0 aromatic heterocycles. The fraction of sp³-hybridized carbons (Fsp3) is 0.381. The molecule has 1 fully saturated rings. The Morgan fingerprint density at radius 3 is 2.48 bits per heavy atom. The molecule has 1 saturated heterocycles. The number of piperazine rings is 1. The smallest absolute Gasteiger partial charge is 0.416 e. The maximum Gasteiger partial charge on any atom is 0.416 e. The Morgan fingerprint density at radius 2 is 1.83 bits per heavy atom. The summed E-state index contributed by atoms with van der Waals surface area (Å²) in [6, 6.07) is 12.1. The molecule has 0 aliphatic carbocycles. The van der Waals surface area contributed by atoms with Gasteiger partial charge in [0.2, 0.25) is 0 Å². The van der Waals surface area contributed by atoms with Crippen molar-refractivity contribution in [3.8, 4) is 5.75 Å². The summed E-state index contributed by atoms with van der Waals surface area (Å²) in [4.78, 5) is 15.9. The molecule has 5 nitrogen and oxygen atoms in total. The number of methoxy groups -OCH3 is 1. The minimum Gasteiger partial charge on any atom is -0.495 e. The predicted octanol–water partition coefficient (Wildman–Crippen LogP) is 2.45. The molecule has 1 aliphatic rings. The van der Waals surface area contributed by atoms with Crippen molar-refractivity contribution >= 4 is 17.3 Å². The average molecular weight is 408 g/mol. The number of anilines is 2. The first kappa shape index (κ1) is 21.0. The van der Waals surface area contributed by atoms with Gasteiger partial charge in [-0.15, -0.1) is 0 Å². The molecule has 1 amide bonds. The number of quaternary nitrogens is 1. The third-order valence-electron chi connectivity index (χ3n) is 5.29. The molecule has 0 saturated carbocycles. The fourth-order valence-corrected chi connectivity index (χ4v) is 3.57. The van der Waals surface area contributed by atoms with Gasteiger partial charge in [0.25, 0.3) is 5.91 Å². The highest BCUT2D eigenvalue weighted by Crippen LogP contribution is 2.30. The number of benzene rings is 2. The van der Waals surface area contributed by atoms with E-state index in [-0.39, 0.29) is 17.6 Å². The summed E-state index contributed by atoms with van der Waals surface area (Å²) >= 11 is 0. The van der Waals surface area contributed by atoms with E-state index in [1.807, 2.05) is 24.3 Å². The highest BCUT2D eigenvalue weighted by molar-refractivity contribution is 5.93. The topological polar surface area (TPSA) is 46.0 Å². The van der Waals surface area contributed by atoms with E-state index in [1.165, 1.54) is 12.1 Å². The first-order valence-electron chi connectivity index (χ1n) is 9.50. The van der Waals surface area contributed by atoms with Crippen LogP contribution < -0.4 is 19.9 Å². The number of nitrogens with one attached hydrogen (secondary N) is 2. The molecular formula is C21H25F3N3O2+. The average Bonchev–Trinajstić information content (AvgIpc) is 2.73. The summed E-state index contributed by atoms with van der Waals surface area (Å²) in [5.41, 5.74) is 0.402. The number of amides is 1. The zero-order valence-corrected chi connectivity index (χ0v) is 16.4. The molecular weight excluding hydrogens is 383 g/mol. The highest BCUT2D eigenvalue weighted by atomic mass is 19.4. The van der Waals surface area contributed by atoms with E-state index in [4.69, 9.17) is 4.74 Å². The summed E-state index contributed by atoms with van der Waals surface area (Å²) in [6.45, 7) is 4.81. The normalized spacial score (nSPS) is 16.4. The lowest BCUT2D eigenvalue weighted by Crippen LogP contribution is -3.19. The summed E-state index contributed by atoms with van der Waals surface area (Å²) < 4.78 is 44.0. The SMILES string of the molecule is COc1ccccc1N1CC[NH+]([C@@H](C)C(=O)Nc2cccc(C(F)(F)F)c2)CC1. The molecule has 29 heavy (non-hydrogen) atoms. The Balaban J connectivity index is 1.59. The molecule has 0 radical (unpaired) electrons. The van der Waals surface area contributed by atoms with Crippen LogP contribution in [-0.2, 0) is 11.0 Å². The van der Waals surface area contributed by atoms with Crippen LogP contribution in [0.1, 0.15) is 12.5 Å². The second kappa shape index (κ2) is 8.73. The lowest BCUT2D eigenvalue weighted by molar-refractivity contribution is -0.914. The highest BCUT2D eigenvalue weighted by Gasteiger charge is 2.32. The molecule has 2 aromatic rings. The van der Waals surface area contributed by atoms with E-state index in [9.17, 15) is 18.0 Å². The quantitative estimate of drug-likeness (QED) is 0.799. The van der Waals surface area contributed by atoms with E-state index >= 15 is 0 Å². The number of ether oxygens (including phenoxy) is 1. The molecule has 3 rings (SSSR count). The maximum absolute atomic E-state index is 12.9. The first-order chi connectivity index (χ1) is 13.8. The Bertz CT molecular complexity index is 849. The van der Waals surface area contributed by atoms with Crippen LogP contribution >= 0.6 is 0 Å². The molecule has 0 spiro atoms. The lowest BCUT2D eigenvalue weighted by Gasteiger charge is -2.36. The van der Waals surface area contributed by atoms with Crippen LogP contribution in [0.15, 0.2) is 48.5 Å². The van der Waals surface area contributed by atoms with Crippen molar-refractivity contribution in [2.24, 2.45) is 0 Å². The van der Waals surface area contributed by atoms with Gasteiger partial charge in [0.05, 0.1) is 44.5 Å². The van der Waals surface area contributed by atoms with Crippen molar-refractivity contribution in [1.29, 1.82) is 0 Å². The van der Waals surface area contributed by atoms with Gasteiger partial charge in [-0.05, 0) is 37.3 Å². The van der Waals surface area contributed by atoms with Crippen LogP contribution in [0, 0.1) is 0 Å². The number of carbonyl (C=O) groups is 1. The molecule has 1 heterocycles. The molecule has 2 N–H and O–H groups in total. The molecule has 0 bridgehead atoms. The monoisotopic (exact) mass is 408 g/mol. The van der Waals surface area contributed by atoms with Crippen LogP contribution in [0.4, 0.5) is 24.5 Å². The minimum absolute atomic E-state index is 0.156. The van der Waals surface area contributed by atoms with Gasteiger partial charge in [0, 0.05) is 5.69 Å². The number of hydrogen-bond donors (Lipinski definition) is 2. The second-order valence-electron chi connectivity index (χ2n) is 7.11. The summed E-state index contributed by atoms with van der Waals surface area (Å²) in [7, 11) is 1.64. The molecule has 1 aliphatic heterocycles. The third-order valence-corrected chi connectivity index (χ3v) is 5.29. The zero-order valence-electron chi connectivity index (χ0n) is 16.4. The van der Waals surface area contributed by atoms with Crippen molar-refractivity contribution in [3.63, 3.8) is 0 Å². The van der Waals surface area contributed by atoms with Gasteiger partial charge in [-0.25, -0.2) is 0 Å². The van der Waals surface area contributed by atoms with Crippen LogP contribution in [0.25, 0.3) is 0 Å².